The third kappa shape index (κ3) is 5.13. The number of fused-ring (bicyclic) bond motifs is 1. The quantitative estimate of drug-likeness (QED) is 0.240. The highest BCUT2D eigenvalue weighted by Crippen LogP contribution is 2.25. The summed E-state index contributed by atoms with van der Waals surface area (Å²) in [6, 6.07) is 25.0. The van der Waals surface area contributed by atoms with Crippen LogP contribution in [0.2, 0.25) is 0 Å². The number of carbonyl (C=O) groups is 1. The molecule has 0 saturated carbocycles. The Morgan fingerprint density at radius 2 is 1.81 bits per heavy atom. The third-order valence-corrected chi connectivity index (χ3v) is 5.53. The van der Waals surface area contributed by atoms with Crippen LogP contribution in [0.4, 0.5) is 0 Å². The number of para-hydroxylation sites is 4. The molecule has 6 nitrogen and oxygen atoms in total. The summed E-state index contributed by atoms with van der Waals surface area (Å²) in [5.41, 5.74) is 5.35. The van der Waals surface area contributed by atoms with Crippen LogP contribution < -0.4 is 10.2 Å². The molecule has 0 unspecified atom stereocenters. The minimum Gasteiger partial charge on any atom is -0.457 e. The number of ether oxygens (including phenoxy) is 1. The van der Waals surface area contributed by atoms with Crippen LogP contribution >= 0.6 is 11.8 Å². The maximum Gasteiger partial charge on any atom is 0.250 e. The lowest BCUT2D eigenvalue weighted by atomic mass is 10.2. The fourth-order valence-electron chi connectivity index (χ4n) is 3.10. The number of nitrogens with one attached hydrogen (secondary N) is 1. The van der Waals surface area contributed by atoms with Crippen molar-refractivity contribution in [1.29, 1.82) is 0 Å². The zero-order valence-corrected chi connectivity index (χ0v) is 17.9. The smallest absolute Gasteiger partial charge is 0.250 e. The minimum atomic E-state index is -0.197. The molecule has 156 valence electrons. The number of nitrogens with zero attached hydrogens (tertiary/aromatic N) is 3. The zero-order valence-electron chi connectivity index (χ0n) is 17.1. The maximum absolute atomic E-state index is 12.3. The van der Waals surface area contributed by atoms with E-state index in [-0.39, 0.29) is 11.7 Å². The Hall–Kier alpha value is -3.58. The van der Waals surface area contributed by atoms with E-state index in [9.17, 15) is 4.79 Å². The van der Waals surface area contributed by atoms with Crippen molar-refractivity contribution in [3.8, 4) is 11.5 Å². The number of rotatable bonds is 8. The molecule has 0 aliphatic rings. The number of aryl methyl sites for hydroxylation is 1. The van der Waals surface area contributed by atoms with Crippen LogP contribution in [0.15, 0.2) is 89.1 Å². The van der Waals surface area contributed by atoms with E-state index in [4.69, 9.17) is 4.74 Å². The van der Waals surface area contributed by atoms with Crippen molar-refractivity contribution in [2.75, 3.05) is 5.75 Å². The maximum atomic E-state index is 12.3. The monoisotopic (exact) mass is 430 g/mol. The summed E-state index contributed by atoms with van der Waals surface area (Å²) in [5.74, 6) is 1.43. The van der Waals surface area contributed by atoms with Crippen LogP contribution in [-0.2, 0) is 11.3 Å². The van der Waals surface area contributed by atoms with Crippen molar-refractivity contribution in [2.24, 2.45) is 5.10 Å². The third-order valence-electron chi connectivity index (χ3n) is 4.55. The second-order valence-corrected chi connectivity index (χ2v) is 7.60. The van der Waals surface area contributed by atoms with E-state index in [0.717, 1.165) is 34.0 Å². The fourth-order valence-corrected chi connectivity index (χ4v) is 3.97. The summed E-state index contributed by atoms with van der Waals surface area (Å²) in [5, 5.41) is 4.92. The molecule has 0 aliphatic heterocycles. The molecule has 0 fully saturated rings. The summed E-state index contributed by atoms with van der Waals surface area (Å²) < 4.78 is 8.01. The number of imidazole rings is 1. The lowest BCUT2D eigenvalue weighted by Crippen LogP contribution is -2.20. The lowest BCUT2D eigenvalue weighted by Gasteiger charge is -2.08. The van der Waals surface area contributed by atoms with E-state index in [1.54, 1.807) is 6.21 Å². The number of hydrogen-bond donors (Lipinski definition) is 1. The molecule has 4 aromatic rings. The topological polar surface area (TPSA) is 68.5 Å². The molecule has 7 heteroatoms. The van der Waals surface area contributed by atoms with E-state index in [0.29, 0.717) is 5.75 Å². The van der Waals surface area contributed by atoms with Crippen LogP contribution in [0.25, 0.3) is 11.0 Å². The first-order valence-electron chi connectivity index (χ1n) is 9.96. The second kappa shape index (κ2) is 9.95. The largest absolute Gasteiger partial charge is 0.457 e. The summed E-state index contributed by atoms with van der Waals surface area (Å²) >= 11 is 1.40. The lowest BCUT2D eigenvalue weighted by molar-refractivity contribution is -0.118. The van der Waals surface area contributed by atoms with Gasteiger partial charge in [-0.2, -0.15) is 5.10 Å². The fraction of sp³-hybridized carbons (Fsp3) is 0.125. The summed E-state index contributed by atoms with van der Waals surface area (Å²) in [6.07, 6.45) is 1.59. The first-order valence-corrected chi connectivity index (χ1v) is 10.9. The van der Waals surface area contributed by atoms with Crippen LogP contribution in [0, 0.1) is 0 Å². The molecule has 0 radical (unpaired) electrons. The van der Waals surface area contributed by atoms with Crippen molar-refractivity contribution in [2.45, 2.75) is 18.6 Å². The Balaban J connectivity index is 1.36. The van der Waals surface area contributed by atoms with E-state index < -0.39 is 0 Å². The Morgan fingerprint density at radius 1 is 1.06 bits per heavy atom. The Labute approximate surface area is 185 Å². The van der Waals surface area contributed by atoms with Gasteiger partial charge < -0.3 is 9.30 Å². The predicted molar refractivity (Wildman–Crippen MR) is 125 cm³/mol. The normalized spacial score (nSPS) is 11.1. The van der Waals surface area contributed by atoms with Gasteiger partial charge in [0.05, 0.1) is 23.0 Å². The Kier molecular flexibility index (Phi) is 6.64. The molecular formula is C24H22N4O2S. The van der Waals surface area contributed by atoms with Gasteiger partial charge in [0.2, 0.25) is 0 Å². The van der Waals surface area contributed by atoms with E-state index in [1.165, 1.54) is 11.8 Å². The standard InChI is InChI=1S/C24H22N4O2S/c1-2-28-21-14-8-7-13-20(21)26-24(28)31-17-23(29)27-25-16-18-10-6-9-15-22(18)30-19-11-4-3-5-12-19/h3-16H,2,17H2,1H3,(H,27,29). The average Bonchev–Trinajstić information content (AvgIpc) is 3.17. The summed E-state index contributed by atoms with van der Waals surface area (Å²) in [7, 11) is 0. The van der Waals surface area contributed by atoms with E-state index in [1.807, 2.05) is 78.9 Å². The van der Waals surface area contributed by atoms with Crippen molar-refractivity contribution in [3.05, 3.63) is 84.4 Å². The van der Waals surface area contributed by atoms with Crippen LogP contribution in [0.1, 0.15) is 12.5 Å². The Bertz CT molecular complexity index is 1200. The average molecular weight is 431 g/mol. The van der Waals surface area contributed by atoms with Crippen LogP contribution in [0.3, 0.4) is 0 Å². The molecule has 0 atom stereocenters. The zero-order chi connectivity index (χ0) is 21.5. The van der Waals surface area contributed by atoms with Gasteiger partial charge >= 0.3 is 0 Å². The molecule has 1 N–H and O–H groups in total. The van der Waals surface area contributed by atoms with Crippen LogP contribution in [0.5, 0.6) is 11.5 Å². The molecule has 1 amide bonds. The van der Waals surface area contributed by atoms with Gasteiger partial charge in [-0.25, -0.2) is 10.4 Å². The van der Waals surface area contributed by atoms with E-state index in [2.05, 4.69) is 27.0 Å². The summed E-state index contributed by atoms with van der Waals surface area (Å²) in [4.78, 5) is 16.9. The first kappa shape index (κ1) is 20.7. The molecule has 0 aliphatic carbocycles. The van der Waals surface area contributed by atoms with Gasteiger partial charge in [-0.1, -0.05) is 54.2 Å². The molecular weight excluding hydrogens is 408 g/mol. The number of aromatic nitrogens is 2. The van der Waals surface area contributed by atoms with Gasteiger partial charge in [0, 0.05) is 12.1 Å². The van der Waals surface area contributed by atoms with Crippen molar-refractivity contribution >= 4 is 34.9 Å². The highest BCUT2D eigenvalue weighted by atomic mass is 32.2. The van der Waals surface area contributed by atoms with Crippen molar-refractivity contribution in [3.63, 3.8) is 0 Å². The SMILES string of the molecule is CCn1c(SCC(=O)NN=Cc2ccccc2Oc2ccccc2)nc2ccccc21. The molecule has 0 saturated heterocycles. The van der Waals surface area contributed by atoms with Gasteiger partial charge in [-0.15, -0.1) is 0 Å². The van der Waals surface area contributed by atoms with Gasteiger partial charge in [-0.3, -0.25) is 4.79 Å². The number of hydrazone groups is 1. The molecule has 1 heterocycles. The summed E-state index contributed by atoms with van der Waals surface area (Å²) in [6.45, 7) is 2.86. The highest BCUT2D eigenvalue weighted by Gasteiger charge is 2.11. The van der Waals surface area contributed by atoms with E-state index >= 15 is 0 Å². The molecule has 0 spiro atoms. The number of benzene rings is 3. The Morgan fingerprint density at radius 3 is 2.65 bits per heavy atom. The van der Waals surface area contributed by atoms with Gasteiger partial charge in [0.25, 0.3) is 5.91 Å². The number of amides is 1. The van der Waals surface area contributed by atoms with Gasteiger partial charge in [0.1, 0.15) is 11.5 Å². The molecule has 31 heavy (non-hydrogen) atoms. The molecule has 3 aromatic carbocycles. The number of carbonyl (C=O) groups excluding carboxylic acids is 1. The van der Waals surface area contributed by atoms with Crippen LogP contribution in [-0.4, -0.2) is 27.4 Å². The van der Waals surface area contributed by atoms with Crippen molar-refractivity contribution < 1.29 is 9.53 Å². The number of thioether (sulfide) groups is 1. The minimum absolute atomic E-state index is 0.197. The molecule has 1 aromatic heterocycles. The highest BCUT2D eigenvalue weighted by molar-refractivity contribution is 7.99. The van der Waals surface area contributed by atoms with Gasteiger partial charge in [0.15, 0.2) is 5.16 Å². The molecule has 0 bridgehead atoms. The van der Waals surface area contributed by atoms with Crippen molar-refractivity contribution in [1.82, 2.24) is 15.0 Å². The molecule has 4 rings (SSSR count). The predicted octanol–water partition coefficient (Wildman–Crippen LogP) is 5.09. The first-order chi connectivity index (χ1) is 15.2. The second-order valence-electron chi connectivity index (χ2n) is 6.66. The van der Waals surface area contributed by atoms with Gasteiger partial charge in [-0.05, 0) is 43.3 Å². The number of hydrogen-bond acceptors (Lipinski definition) is 5.